The number of halogens is 2. The molecule has 0 fully saturated rings. The van der Waals surface area contributed by atoms with Gasteiger partial charge in [-0.3, -0.25) is 4.79 Å². The smallest absolute Gasteiger partial charge is 0.264 e. The molecule has 1 heterocycles. The second-order valence-corrected chi connectivity index (χ2v) is 9.93. The molecule has 0 spiro atoms. The Labute approximate surface area is 208 Å². The molecule has 3 aromatic rings. The minimum absolute atomic E-state index is 0.00808. The zero-order chi connectivity index (χ0) is 24.7. The molecule has 2 aromatic carbocycles. The number of hydrogen-bond acceptors (Lipinski definition) is 6. The molecule has 1 aromatic heterocycles. The van der Waals surface area contributed by atoms with Crippen molar-refractivity contribution in [3.63, 3.8) is 0 Å². The number of nitrogens with one attached hydrogen (secondary N) is 2. The maximum atomic E-state index is 12.7. The average Bonchev–Trinajstić information content (AvgIpc) is 2.78. The van der Waals surface area contributed by atoms with Gasteiger partial charge in [0.05, 0.1) is 21.5 Å². The highest BCUT2D eigenvalue weighted by atomic mass is 35.5. The van der Waals surface area contributed by atoms with E-state index in [2.05, 4.69) is 26.9 Å². The van der Waals surface area contributed by atoms with Gasteiger partial charge in [0, 0.05) is 23.1 Å². The van der Waals surface area contributed by atoms with Gasteiger partial charge in [-0.1, -0.05) is 43.0 Å². The fourth-order valence-electron chi connectivity index (χ4n) is 2.95. The Balaban J connectivity index is 1.67. The zero-order valence-corrected chi connectivity index (χ0v) is 21.0. The number of sulfonamides is 1. The summed E-state index contributed by atoms with van der Waals surface area (Å²) in [7, 11) is -3.89. The number of aryl methyl sites for hydroxylation is 1. The van der Waals surface area contributed by atoms with Crippen LogP contribution in [0.5, 0.6) is 5.75 Å². The molecule has 0 aliphatic rings. The molecule has 0 aliphatic carbocycles. The third kappa shape index (κ3) is 6.82. The number of rotatable bonds is 10. The van der Waals surface area contributed by atoms with Crippen molar-refractivity contribution in [1.82, 2.24) is 9.97 Å². The number of carbonyl (C=O) groups is 1. The minimum atomic E-state index is -3.89. The van der Waals surface area contributed by atoms with Gasteiger partial charge < -0.3 is 10.1 Å². The topological polar surface area (TPSA) is 110 Å². The van der Waals surface area contributed by atoms with Crippen LogP contribution in [-0.4, -0.2) is 30.9 Å². The van der Waals surface area contributed by atoms with Crippen LogP contribution in [0.4, 0.5) is 11.6 Å². The first-order valence-corrected chi connectivity index (χ1v) is 12.8. The molecule has 3 rings (SSSR count). The predicted molar refractivity (Wildman–Crippen MR) is 133 cm³/mol. The molecule has 0 radical (unpaired) electrons. The number of aromatic nitrogens is 2. The van der Waals surface area contributed by atoms with Crippen LogP contribution < -0.4 is 14.8 Å². The lowest BCUT2D eigenvalue weighted by molar-refractivity contribution is 0.102. The molecule has 8 nitrogen and oxygen atoms in total. The summed E-state index contributed by atoms with van der Waals surface area (Å²) in [5.74, 6) is -0.136. The molecule has 0 saturated heterocycles. The Bertz CT molecular complexity index is 1250. The molecule has 0 aliphatic heterocycles. The van der Waals surface area contributed by atoms with Gasteiger partial charge in [-0.25, -0.2) is 23.1 Å². The Hall–Kier alpha value is -2.88. The third-order valence-corrected chi connectivity index (χ3v) is 6.60. The van der Waals surface area contributed by atoms with Gasteiger partial charge in [0.2, 0.25) is 5.95 Å². The Kier molecular flexibility index (Phi) is 8.71. The van der Waals surface area contributed by atoms with E-state index in [1.165, 1.54) is 42.6 Å². The van der Waals surface area contributed by atoms with Crippen molar-refractivity contribution in [3.8, 4) is 5.75 Å². The highest BCUT2D eigenvalue weighted by Gasteiger charge is 2.17. The van der Waals surface area contributed by atoms with Crippen molar-refractivity contribution in [2.75, 3.05) is 16.6 Å². The number of amides is 1. The number of hydrogen-bond donors (Lipinski definition) is 2. The van der Waals surface area contributed by atoms with E-state index in [0.29, 0.717) is 23.7 Å². The van der Waals surface area contributed by atoms with Crippen LogP contribution in [0.3, 0.4) is 0 Å². The largest absolute Gasteiger partial charge is 0.490 e. The molecule has 34 heavy (non-hydrogen) atoms. The van der Waals surface area contributed by atoms with Gasteiger partial charge in [-0.05, 0) is 55.8 Å². The first kappa shape index (κ1) is 25.7. The number of carbonyl (C=O) groups excluding carboxylic acids is 1. The Morgan fingerprint density at radius 3 is 2.35 bits per heavy atom. The van der Waals surface area contributed by atoms with E-state index in [1.54, 1.807) is 13.0 Å². The van der Waals surface area contributed by atoms with Crippen LogP contribution in [-0.2, 0) is 10.0 Å². The number of nitrogens with zero attached hydrogens (tertiary/aromatic N) is 2. The van der Waals surface area contributed by atoms with E-state index in [0.717, 1.165) is 19.3 Å². The van der Waals surface area contributed by atoms with Crippen molar-refractivity contribution in [3.05, 3.63) is 70.0 Å². The highest BCUT2D eigenvalue weighted by Crippen LogP contribution is 2.34. The summed E-state index contributed by atoms with van der Waals surface area (Å²) in [6.07, 6.45) is 4.44. The van der Waals surface area contributed by atoms with E-state index < -0.39 is 15.9 Å². The molecular weight excluding hydrogens is 499 g/mol. The maximum Gasteiger partial charge on any atom is 0.264 e. The summed E-state index contributed by atoms with van der Waals surface area (Å²) < 4.78 is 33.1. The van der Waals surface area contributed by atoms with Crippen LogP contribution in [0.25, 0.3) is 0 Å². The summed E-state index contributed by atoms with van der Waals surface area (Å²) in [4.78, 5) is 20.6. The third-order valence-electron chi connectivity index (χ3n) is 4.70. The van der Waals surface area contributed by atoms with Gasteiger partial charge in [0.25, 0.3) is 15.9 Å². The van der Waals surface area contributed by atoms with Crippen LogP contribution in [0, 0.1) is 6.92 Å². The molecule has 11 heteroatoms. The predicted octanol–water partition coefficient (Wildman–Crippen LogP) is 5.71. The van der Waals surface area contributed by atoms with Crippen molar-refractivity contribution in [2.45, 2.75) is 38.0 Å². The van der Waals surface area contributed by atoms with Crippen molar-refractivity contribution >= 4 is 50.8 Å². The van der Waals surface area contributed by atoms with E-state index in [4.69, 9.17) is 27.9 Å². The maximum absolute atomic E-state index is 12.7. The number of unbranched alkanes of at least 4 members (excludes halogenated alkanes) is 2. The van der Waals surface area contributed by atoms with Gasteiger partial charge in [0.15, 0.2) is 5.75 Å². The standard InChI is InChI=1S/C23H24Cl2N4O4S/c1-3-4-5-12-33-21-19(24)13-16(14-20(21)25)22(30)28-17-6-8-18(9-7-17)34(31,32)29-23-26-11-10-15(2)27-23/h6-11,13-14H,3-5,12H2,1-2H3,(H,28,30)(H,26,27,29). The molecule has 1 amide bonds. The summed E-state index contributed by atoms with van der Waals surface area (Å²) in [6, 6.07) is 10.3. The van der Waals surface area contributed by atoms with Crippen molar-refractivity contribution in [2.24, 2.45) is 0 Å². The second-order valence-electron chi connectivity index (χ2n) is 7.43. The fraction of sp³-hybridized carbons (Fsp3) is 0.261. The number of ether oxygens (including phenoxy) is 1. The number of anilines is 2. The highest BCUT2D eigenvalue weighted by molar-refractivity contribution is 7.92. The zero-order valence-electron chi connectivity index (χ0n) is 18.6. The first-order chi connectivity index (χ1) is 16.2. The Morgan fingerprint density at radius 1 is 1.06 bits per heavy atom. The van der Waals surface area contributed by atoms with Gasteiger partial charge in [-0.2, -0.15) is 0 Å². The van der Waals surface area contributed by atoms with Gasteiger partial charge in [0.1, 0.15) is 0 Å². The fourth-order valence-corrected chi connectivity index (χ4v) is 4.50. The van der Waals surface area contributed by atoms with Gasteiger partial charge >= 0.3 is 0 Å². The summed E-state index contributed by atoms with van der Waals surface area (Å²) in [5.41, 5.74) is 1.26. The lowest BCUT2D eigenvalue weighted by Gasteiger charge is -2.12. The Morgan fingerprint density at radius 2 is 1.74 bits per heavy atom. The molecule has 0 unspecified atom stereocenters. The van der Waals surface area contributed by atoms with Crippen LogP contribution >= 0.6 is 23.2 Å². The van der Waals surface area contributed by atoms with Gasteiger partial charge in [-0.15, -0.1) is 0 Å². The lowest BCUT2D eigenvalue weighted by atomic mass is 10.2. The molecule has 0 saturated carbocycles. The van der Waals surface area contributed by atoms with Crippen LogP contribution in [0.2, 0.25) is 10.0 Å². The molecule has 180 valence electrons. The van der Waals surface area contributed by atoms with Crippen LogP contribution in [0.15, 0.2) is 53.6 Å². The summed E-state index contributed by atoms with van der Waals surface area (Å²) >= 11 is 12.5. The molecular formula is C23H24Cl2N4O4S. The van der Waals surface area contributed by atoms with Crippen molar-refractivity contribution < 1.29 is 17.9 Å². The quantitative estimate of drug-likeness (QED) is 0.329. The van der Waals surface area contributed by atoms with E-state index >= 15 is 0 Å². The molecule has 0 atom stereocenters. The second kappa shape index (κ2) is 11.5. The average molecular weight is 523 g/mol. The summed E-state index contributed by atoms with van der Waals surface area (Å²) in [5, 5.41) is 3.16. The molecule has 0 bridgehead atoms. The summed E-state index contributed by atoms with van der Waals surface area (Å²) in [6.45, 7) is 4.31. The van der Waals surface area contributed by atoms with E-state index in [9.17, 15) is 13.2 Å². The molecule has 2 N–H and O–H groups in total. The van der Waals surface area contributed by atoms with E-state index in [1.807, 2.05) is 0 Å². The monoisotopic (exact) mass is 522 g/mol. The lowest BCUT2D eigenvalue weighted by Crippen LogP contribution is -2.16. The normalized spacial score (nSPS) is 11.2. The number of benzene rings is 2. The minimum Gasteiger partial charge on any atom is -0.490 e. The van der Waals surface area contributed by atoms with Crippen molar-refractivity contribution in [1.29, 1.82) is 0 Å². The van der Waals surface area contributed by atoms with Crippen LogP contribution in [0.1, 0.15) is 42.2 Å². The first-order valence-electron chi connectivity index (χ1n) is 10.6. The van der Waals surface area contributed by atoms with E-state index in [-0.39, 0.29) is 26.5 Å². The SMILES string of the molecule is CCCCCOc1c(Cl)cc(C(=O)Nc2ccc(S(=O)(=O)Nc3nccc(C)n3)cc2)cc1Cl.